The Morgan fingerprint density at radius 3 is 1.14 bits per heavy atom. The lowest BCUT2D eigenvalue weighted by atomic mass is 9.73. The minimum absolute atomic E-state index is 0.183. The van der Waals surface area contributed by atoms with Crippen molar-refractivity contribution >= 4 is 0 Å². The number of benzene rings is 4. The van der Waals surface area contributed by atoms with Crippen molar-refractivity contribution in [2.75, 3.05) is 6.79 Å². The van der Waals surface area contributed by atoms with Gasteiger partial charge in [-0.2, -0.15) is 0 Å². The van der Waals surface area contributed by atoms with Crippen LogP contribution in [0.1, 0.15) is 148 Å². The monoisotopic (exact) mass is 660 g/mol. The summed E-state index contributed by atoms with van der Waals surface area (Å²) in [4.78, 5) is 0. The highest BCUT2D eigenvalue weighted by atomic mass is 16.7. The van der Waals surface area contributed by atoms with Crippen LogP contribution in [0.3, 0.4) is 0 Å². The fraction of sp³-hybridized carbons (Fsp3) is 0.467. The van der Waals surface area contributed by atoms with Gasteiger partial charge in [0, 0.05) is 23.7 Å². The van der Waals surface area contributed by atoms with Crippen molar-refractivity contribution in [3.8, 4) is 23.0 Å². The number of hydrogen-bond acceptors (Lipinski definition) is 4. The highest BCUT2D eigenvalue weighted by Gasteiger charge is 2.32. The number of hydrogen-bond donors (Lipinski definition) is 2. The lowest BCUT2D eigenvalue weighted by molar-refractivity contribution is 0.113. The molecule has 1 aliphatic carbocycles. The third-order valence-electron chi connectivity index (χ3n) is 11.2. The lowest BCUT2D eigenvalue weighted by Crippen LogP contribution is -2.23. The molecular weight excluding hydrogens is 604 g/mol. The van der Waals surface area contributed by atoms with Crippen molar-refractivity contribution in [2.24, 2.45) is 0 Å². The Labute approximate surface area is 294 Å². The molecule has 6 rings (SSSR count). The predicted octanol–water partition coefficient (Wildman–Crippen LogP) is 10.8. The molecule has 0 atom stereocenters. The molecular formula is C45H56O4. The maximum Gasteiger partial charge on any atom is 0.230 e. The van der Waals surface area contributed by atoms with E-state index in [1.54, 1.807) is 0 Å². The molecule has 260 valence electrons. The van der Waals surface area contributed by atoms with Gasteiger partial charge in [0.1, 0.15) is 23.0 Å². The average molecular weight is 661 g/mol. The summed E-state index contributed by atoms with van der Waals surface area (Å²) >= 11 is 0. The minimum Gasteiger partial charge on any atom is -0.507 e. The van der Waals surface area contributed by atoms with Gasteiger partial charge >= 0.3 is 0 Å². The Morgan fingerprint density at radius 2 is 0.776 bits per heavy atom. The molecule has 0 fully saturated rings. The molecule has 0 amide bonds. The van der Waals surface area contributed by atoms with E-state index in [4.69, 9.17) is 9.47 Å². The Bertz CT molecular complexity index is 1730. The summed E-state index contributed by atoms with van der Waals surface area (Å²) < 4.78 is 13.0. The number of phenols is 2. The Balaban J connectivity index is 1.72. The summed E-state index contributed by atoms with van der Waals surface area (Å²) in [5.74, 6) is 2.62. The molecule has 2 aliphatic rings. The number of aromatic hydroxyl groups is 2. The molecule has 0 spiro atoms. The smallest absolute Gasteiger partial charge is 0.230 e. The van der Waals surface area contributed by atoms with Gasteiger partial charge in [-0.1, -0.05) is 130 Å². The molecule has 4 nitrogen and oxygen atoms in total. The first kappa shape index (κ1) is 34.9. The number of aryl methyl sites for hydroxylation is 4. The number of phenolic OH excluding ortho intramolecular Hbond substituents is 2. The second kappa shape index (κ2) is 13.8. The van der Waals surface area contributed by atoms with Crippen LogP contribution in [0.5, 0.6) is 23.0 Å². The van der Waals surface area contributed by atoms with E-state index >= 15 is 0 Å². The van der Waals surface area contributed by atoms with E-state index < -0.39 is 0 Å². The van der Waals surface area contributed by atoms with Crippen LogP contribution in [0.25, 0.3) is 0 Å². The van der Waals surface area contributed by atoms with E-state index in [9.17, 15) is 10.2 Å². The van der Waals surface area contributed by atoms with E-state index in [0.29, 0.717) is 17.9 Å². The molecule has 2 N–H and O–H groups in total. The van der Waals surface area contributed by atoms with Gasteiger partial charge in [0.25, 0.3) is 0 Å². The number of ether oxygens (including phenoxy) is 2. The maximum atomic E-state index is 11.8. The Morgan fingerprint density at radius 1 is 0.469 bits per heavy atom. The van der Waals surface area contributed by atoms with Crippen molar-refractivity contribution in [3.63, 3.8) is 0 Å². The fourth-order valence-electron chi connectivity index (χ4n) is 8.10. The summed E-state index contributed by atoms with van der Waals surface area (Å²) in [7, 11) is 0. The zero-order valence-corrected chi connectivity index (χ0v) is 31.1. The second-order valence-corrected chi connectivity index (χ2v) is 15.5. The first-order valence-electron chi connectivity index (χ1n) is 18.7. The zero-order chi connectivity index (χ0) is 35.1. The molecule has 8 bridgehead atoms. The minimum atomic E-state index is -0.351. The van der Waals surface area contributed by atoms with Crippen LogP contribution in [0, 0.1) is 0 Å². The van der Waals surface area contributed by atoms with Gasteiger partial charge < -0.3 is 19.7 Å². The molecule has 49 heavy (non-hydrogen) atoms. The van der Waals surface area contributed by atoms with Crippen LogP contribution in [-0.2, 0) is 49.4 Å². The van der Waals surface area contributed by atoms with Crippen LogP contribution in [0.4, 0.5) is 0 Å². The first-order valence-corrected chi connectivity index (χ1v) is 18.7. The van der Waals surface area contributed by atoms with E-state index in [0.717, 1.165) is 91.5 Å². The van der Waals surface area contributed by atoms with E-state index in [2.05, 4.69) is 104 Å². The summed E-state index contributed by atoms with van der Waals surface area (Å²) in [6.07, 6.45) is 8.50. The third-order valence-corrected chi connectivity index (χ3v) is 11.2. The van der Waals surface area contributed by atoms with Crippen LogP contribution in [-0.4, -0.2) is 17.0 Å². The van der Waals surface area contributed by atoms with Gasteiger partial charge in [0.2, 0.25) is 6.79 Å². The summed E-state index contributed by atoms with van der Waals surface area (Å²) in [5, 5.41) is 23.5. The standard InChI is InChI=1S/C45H56O4/c1-9-13-28-19-36-23-32(40(28)46)17-33-24-37(20-29(14-10-2)41(33)47)45(7,8)39-22-31(16-12-4)43-35(26-39)18-34-25-38(44(36,5)6)21-30(15-11-3)42(34)48-27-49-43/h19-26,46-47H,9-18,27H2,1-8H3. The predicted molar refractivity (Wildman–Crippen MR) is 201 cm³/mol. The quantitative estimate of drug-likeness (QED) is 0.197. The SMILES string of the molecule is CCCc1cc2cc(c1O)Cc1cc(cc(CCC)c1O)C(C)(C)c1cc(CCC)c3c(c1)Cc1cc(cc(CCC)c1OCO3)C2(C)C. The van der Waals surface area contributed by atoms with Gasteiger partial charge in [0.15, 0.2) is 0 Å². The molecule has 4 heteroatoms. The highest BCUT2D eigenvalue weighted by molar-refractivity contribution is 5.59. The summed E-state index contributed by atoms with van der Waals surface area (Å²) in [6, 6.07) is 18.2. The molecule has 0 saturated heterocycles. The highest BCUT2D eigenvalue weighted by Crippen LogP contribution is 2.45. The van der Waals surface area contributed by atoms with Gasteiger partial charge in [-0.3, -0.25) is 0 Å². The van der Waals surface area contributed by atoms with Crippen molar-refractivity contribution in [3.05, 3.63) is 115 Å². The molecule has 0 unspecified atom stereocenters. The number of rotatable bonds is 8. The van der Waals surface area contributed by atoms with E-state index in [1.807, 2.05) is 0 Å². The average Bonchev–Trinajstić information content (AvgIpc) is 3.04. The van der Waals surface area contributed by atoms with Gasteiger partial charge in [-0.05, 0) is 92.4 Å². The third kappa shape index (κ3) is 6.44. The van der Waals surface area contributed by atoms with Crippen molar-refractivity contribution in [2.45, 2.75) is 130 Å². The van der Waals surface area contributed by atoms with Gasteiger partial charge in [-0.25, -0.2) is 0 Å². The van der Waals surface area contributed by atoms with Crippen molar-refractivity contribution in [1.82, 2.24) is 0 Å². The Hall–Kier alpha value is -3.92. The molecule has 0 saturated carbocycles. The van der Waals surface area contributed by atoms with Gasteiger partial charge in [-0.15, -0.1) is 0 Å². The normalized spacial score (nSPS) is 15.8. The second-order valence-electron chi connectivity index (χ2n) is 15.5. The van der Waals surface area contributed by atoms with Gasteiger partial charge in [0.05, 0.1) is 0 Å². The van der Waals surface area contributed by atoms with E-state index in [-0.39, 0.29) is 17.6 Å². The van der Waals surface area contributed by atoms with Crippen LogP contribution >= 0.6 is 0 Å². The van der Waals surface area contributed by atoms with Crippen LogP contribution in [0.2, 0.25) is 0 Å². The summed E-state index contributed by atoms with van der Waals surface area (Å²) in [5.41, 5.74) is 12.6. The Kier molecular flexibility index (Phi) is 9.81. The molecule has 4 aromatic carbocycles. The molecule has 1 aliphatic heterocycles. The largest absolute Gasteiger partial charge is 0.507 e. The molecule has 0 aromatic heterocycles. The number of fused-ring (bicyclic) bond motifs is 6. The maximum absolute atomic E-state index is 11.8. The molecule has 4 aromatic rings. The fourth-order valence-corrected chi connectivity index (χ4v) is 8.10. The molecule has 1 heterocycles. The lowest BCUT2D eigenvalue weighted by Gasteiger charge is -2.33. The van der Waals surface area contributed by atoms with Crippen LogP contribution in [0.15, 0.2) is 48.5 Å². The summed E-state index contributed by atoms with van der Waals surface area (Å²) in [6.45, 7) is 18.2. The first-order chi connectivity index (χ1) is 23.4. The van der Waals surface area contributed by atoms with Crippen LogP contribution < -0.4 is 9.47 Å². The van der Waals surface area contributed by atoms with Crippen molar-refractivity contribution in [1.29, 1.82) is 0 Å². The topological polar surface area (TPSA) is 58.9 Å². The van der Waals surface area contributed by atoms with E-state index in [1.165, 1.54) is 44.5 Å². The van der Waals surface area contributed by atoms with Crippen molar-refractivity contribution < 1.29 is 19.7 Å². The molecule has 0 radical (unpaired) electrons. The zero-order valence-electron chi connectivity index (χ0n) is 31.1.